The van der Waals surface area contributed by atoms with Gasteiger partial charge in [-0.15, -0.1) is 0 Å². The van der Waals surface area contributed by atoms with Gasteiger partial charge in [0.1, 0.15) is 30.5 Å². The third-order valence-electron chi connectivity index (χ3n) is 8.27. The predicted molar refractivity (Wildman–Crippen MR) is 180 cm³/mol. The number of aryl methyl sites for hydroxylation is 2. The quantitative estimate of drug-likeness (QED) is 0.116. The number of nitrogens with one attached hydrogen (secondary N) is 1. The zero-order chi connectivity index (χ0) is 31.9. The third-order valence-corrected chi connectivity index (χ3v) is 8.27. The number of para-hydroxylation sites is 1. The minimum atomic E-state index is 0.0307. The molecule has 4 rings (SSSR count). The predicted octanol–water partition coefficient (Wildman–Crippen LogP) is 6.98. The molecule has 1 aliphatic heterocycles. The van der Waals surface area contributed by atoms with Gasteiger partial charge >= 0.3 is 0 Å². The lowest BCUT2D eigenvalue weighted by atomic mass is 10.0. The van der Waals surface area contributed by atoms with Crippen molar-refractivity contribution in [3.63, 3.8) is 0 Å². The van der Waals surface area contributed by atoms with E-state index in [9.17, 15) is 9.59 Å². The number of carbonyl (C=O) groups excluding carboxylic acids is 2. The van der Waals surface area contributed by atoms with Gasteiger partial charge in [-0.05, 0) is 119 Å². The summed E-state index contributed by atoms with van der Waals surface area (Å²) in [5, 5.41) is 3.29. The highest BCUT2D eigenvalue weighted by molar-refractivity contribution is 5.96. The average molecular weight is 615 g/mol. The normalized spacial score (nSPS) is 13.8. The number of ketones is 1. The molecule has 3 aromatic carbocycles. The first-order valence-electron chi connectivity index (χ1n) is 16.7. The highest BCUT2D eigenvalue weighted by atomic mass is 16.5. The Bertz CT molecular complexity index is 1330. The van der Waals surface area contributed by atoms with Crippen LogP contribution in [0, 0.1) is 6.92 Å². The fourth-order valence-corrected chi connectivity index (χ4v) is 5.86. The monoisotopic (exact) mass is 614 g/mol. The summed E-state index contributed by atoms with van der Waals surface area (Å²) in [4.78, 5) is 27.9. The molecular formula is C38H50N2O5. The van der Waals surface area contributed by atoms with Crippen molar-refractivity contribution in [1.29, 1.82) is 0 Å². The second kappa shape index (κ2) is 18.2. The summed E-state index contributed by atoms with van der Waals surface area (Å²) in [6.07, 6.45) is 6.34. The van der Waals surface area contributed by atoms with Gasteiger partial charge in [0.05, 0.1) is 6.61 Å². The van der Waals surface area contributed by atoms with Crippen LogP contribution < -0.4 is 19.5 Å². The van der Waals surface area contributed by atoms with Crippen LogP contribution in [-0.4, -0.2) is 62.1 Å². The van der Waals surface area contributed by atoms with Crippen LogP contribution in [0.2, 0.25) is 0 Å². The summed E-state index contributed by atoms with van der Waals surface area (Å²) in [6, 6.07) is 21.7. The van der Waals surface area contributed by atoms with Crippen molar-refractivity contribution in [2.45, 2.75) is 78.2 Å². The molecule has 0 aromatic heterocycles. The first kappa shape index (κ1) is 34.0. The lowest BCUT2D eigenvalue weighted by Gasteiger charge is -2.25. The molecule has 0 saturated carbocycles. The number of ether oxygens (including phenoxy) is 3. The summed E-state index contributed by atoms with van der Waals surface area (Å²) < 4.78 is 17.5. The Balaban J connectivity index is 1.21. The number of amides is 1. The molecule has 0 aliphatic carbocycles. The van der Waals surface area contributed by atoms with Crippen LogP contribution in [0.25, 0.3) is 0 Å². The third kappa shape index (κ3) is 11.2. The molecule has 1 saturated heterocycles. The van der Waals surface area contributed by atoms with Crippen LogP contribution in [0.15, 0.2) is 66.7 Å². The zero-order valence-corrected chi connectivity index (χ0v) is 27.3. The molecule has 0 spiro atoms. The Hall–Kier alpha value is -3.84. The van der Waals surface area contributed by atoms with Crippen LogP contribution in [0.1, 0.15) is 79.4 Å². The number of rotatable bonds is 19. The number of hydrogen-bond donors (Lipinski definition) is 1. The molecule has 0 bridgehead atoms. The van der Waals surface area contributed by atoms with E-state index in [1.165, 1.54) is 18.4 Å². The van der Waals surface area contributed by atoms with Gasteiger partial charge in [0.15, 0.2) is 5.78 Å². The molecule has 242 valence electrons. The van der Waals surface area contributed by atoms with Crippen LogP contribution in [-0.2, 0) is 17.6 Å². The number of likely N-dealkylation sites (tertiary alicyclic amines) is 1. The van der Waals surface area contributed by atoms with Crippen molar-refractivity contribution in [3.05, 3.63) is 89.0 Å². The van der Waals surface area contributed by atoms with Gasteiger partial charge in [-0.1, -0.05) is 37.3 Å². The SMILES string of the molecule is CCOc1ccc(C(=O)CCCCC(=O)NC(Cc2ccc(OCCOc3c(C)cccc3CC)cc2)CN2CCCC2)cc1. The standard InChI is InChI=1S/C38H50N2O5/c1-4-31-12-10-11-29(3)38(31)45-26-25-44-35-19-15-30(16-20-35)27-33(28-40-23-8-9-24-40)39-37(42)14-7-6-13-36(41)32-17-21-34(22-18-32)43-5-2/h10-12,15-22,33H,4-9,13-14,23-28H2,1-3H3,(H,39,42). The minimum absolute atomic E-state index is 0.0307. The van der Waals surface area contributed by atoms with Crippen molar-refractivity contribution in [2.75, 3.05) is 39.5 Å². The van der Waals surface area contributed by atoms with E-state index in [0.29, 0.717) is 51.1 Å². The van der Waals surface area contributed by atoms with Crippen molar-refractivity contribution in [2.24, 2.45) is 0 Å². The summed E-state index contributed by atoms with van der Waals surface area (Å²) >= 11 is 0. The van der Waals surface area contributed by atoms with Crippen LogP contribution >= 0.6 is 0 Å². The maximum absolute atomic E-state index is 12.9. The van der Waals surface area contributed by atoms with E-state index in [1.807, 2.05) is 43.3 Å². The molecule has 1 unspecified atom stereocenters. The van der Waals surface area contributed by atoms with E-state index in [-0.39, 0.29) is 17.7 Å². The summed E-state index contributed by atoms with van der Waals surface area (Å²) in [7, 11) is 0. The number of nitrogens with zero attached hydrogens (tertiary/aromatic N) is 1. The van der Waals surface area contributed by atoms with Crippen LogP contribution in [0.3, 0.4) is 0 Å². The number of unbranched alkanes of at least 4 members (excludes halogenated alkanes) is 1. The van der Waals surface area contributed by atoms with Gasteiger partial charge < -0.3 is 24.4 Å². The van der Waals surface area contributed by atoms with Gasteiger partial charge in [-0.2, -0.15) is 0 Å². The van der Waals surface area contributed by atoms with Gasteiger partial charge in [0.2, 0.25) is 5.91 Å². The van der Waals surface area contributed by atoms with Gasteiger partial charge in [0.25, 0.3) is 0 Å². The fraction of sp³-hybridized carbons (Fsp3) is 0.474. The average Bonchev–Trinajstić information content (AvgIpc) is 3.56. The highest BCUT2D eigenvalue weighted by Gasteiger charge is 2.20. The molecule has 45 heavy (non-hydrogen) atoms. The highest BCUT2D eigenvalue weighted by Crippen LogP contribution is 2.24. The number of carbonyl (C=O) groups is 2. The number of benzene rings is 3. The molecule has 7 heteroatoms. The Labute approximate surface area is 269 Å². The van der Waals surface area contributed by atoms with E-state index in [0.717, 1.165) is 60.9 Å². The number of hydrogen-bond acceptors (Lipinski definition) is 6. The van der Waals surface area contributed by atoms with Gasteiger partial charge in [-0.3, -0.25) is 9.59 Å². The molecule has 1 atom stereocenters. The Morgan fingerprint density at radius 2 is 1.49 bits per heavy atom. The van der Waals surface area contributed by atoms with E-state index >= 15 is 0 Å². The van der Waals surface area contributed by atoms with Crippen molar-refractivity contribution in [3.8, 4) is 17.2 Å². The van der Waals surface area contributed by atoms with E-state index in [2.05, 4.69) is 54.4 Å². The van der Waals surface area contributed by atoms with Crippen LogP contribution in [0.5, 0.6) is 17.2 Å². The molecule has 1 N–H and O–H groups in total. The first-order valence-corrected chi connectivity index (χ1v) is 16.7. The van der Waals surface area contributed by atoms with Crippen LogP contribution in [0.4, 0.5) is 0 Å². The molecular weight excluding hydrogens is 564 g/mol. The fourth-order valence-electron chi connectivity index (χ4n) is 5.86. The molecule has 7 nitrogen and oxygen atoms in total. The van der Waals surface area contributed by atoms with E-state index in [4.69, 9.17) is 14.2 Å². The summed E-state index contributed by atoms with van der Waals surface area (Å²) in [5.41, 5.74) is 4.21. The molecule has 1 fully saturated rings. The lowest BCUT2D eigenvalue weighted by molar-refractivity contribution is -0.122. The van der Waals surface area contributed by atoms with Gasteiger partial charge in [0, 0.05) is 31.0 Å². The second-order valence-electron chi connectivity index (χ2n) is 11.8. The molecule has 0 radical (unpaired) electrons. The maximum atomic E-state index is 12.9. The van der Waals surface area contributed by atoms with Crippen molar-refractivity contribution in [1.82, 2.24) is 10.2 Å². The van der Waals surface area contributed by atoms with E-state index < -0.39 is 0 Å². The zero-order valence-electron chi connectivity index (χ0n) is 27.3. The van der Waals surface area contributed by atoms with Crippen molar-refractivity contribution < 1.29 is 23.8 Å². The van der Waals surface area contributed by atoms with Gasteiger partial charge in [-0.25, -0.2) is 0 Å². The van der Waals surface area contributed by atoms with E-state index in [1.54, 1.807) is 0 Å². The Kier molecular flexibility index (Phi) is 13.8. The topological polar surface area (TPSA) is 77.1 Å². The molecule has 3 aromatic rings. The smallest absolute Gasteiger partial charge is 0.220 e. The first-order chi connectivity index (χ1) is 21.9. The second-order valence-corrected chi connectivity index (χ2v) is 11.8. The molecule has 1 amide bonds. The number of Topliss-reactive ketones (excluding diaryl/α,β-unsaturated/α-hetero) is 1. The molecule has 1 aliphatic rings. The maximum Gasteiger partial charge on any atom is 0.220 e. The summed E-state index contributed by atoms with van der Waals surface area (Å²) in [5.74, 6) is 2.68. The molecule has 1 heterocycles. The largest absolute Gasteiger partial charge is 0.494 e. The lowest BCUT2D eigenvalue weighted by Crippen LogP contribution is -2.44. The summed E-state index contributed by atoms with van der Waals surface area (Å²) in [6.45, 7) is 10.7. The Morgan fingerprint density at radius 3 is 2.20 bits per heavy atom. The Morgan fingerprint density at radius 1 is 0.822 bits per heavy atom. The minimum Gasteiger partial charge on any atom is -0.494 e. The van der Waals surface area contributed by atoms with Crippen molar-refractivity contribution >= 4 is 11.7 Å².